The van der Waals surface area contributed by atoms with Crippen molar-refractivity contribution in [2.75, 3.05) is 13.3 Å². The molecule has 1 aliphatic carbocycles. The zero-order valence-corrected chi connectivity index (χ0v) is 14.4. The van der Waals surface area contributed by atoms with Gasteiger partial charge < -0.3 is 4.90 Å². The standard InChI is InChI=1S/C17H25NO3S/c1-13-7-6-8-14(11-13)12-17(19)18(2)15-9-4-5-10-16(15)22(3,20)21/h6-8,11,15-16H,4-5,9-10,12H2,1-3H3/t15-,16+/m1/s1. The van der Waals surface area contributed by atoms with E-state index in [9.17, 15) is 13.2 Å². The maximum atomic E-state index is 12.5. The second-order valence-corrected chi connectivity index (χ2v) is 8.65. The molecule has 1 aliphatic rings. The molecule has 1 fully saturated rings. The fraction of sp³-hybridized carbons (Fsp3) is 0.588. The summed E-state index contributed by atoms with van der Waals surface area (Å²) in [7, 11) is -1.38. The van der Waals surface area contributed by atoms with Crippen LogP contribution in [0.3, 0.4) is 0 Å². The van der Waals surface area contributed by atoms with Gasteiger partial charge in [-0.05, 0) is 25.3 Å². The molecule has 2 atom stereocenters. The van der Waals surface area contributed by atoms with E-state index in [1.54, 1.807) is 11.9 Å². The van der Waals surface area contributed by atoms with Crippen LogP contribution in [-0.2, 0) is 21.1 Å². The fourth-order valence-corrected chi connectivity index (χ4v) is 4.81. The second-order valence-electron chi connectivity index (χ2n) is 6.39. The Kier molecular flexibility index (Phi) is 5.27. The predicted molar refractivity (Wildman–Crippen MR) is 88.5 cm³/mol. The molecule has 0 saturated heterocycles. The highest BCUT2D eigenvalue weighted by Gasteiger charge is 2.36. The predicted octanol–water partition coefficient (Wildman–Crippen LogP) is 2.35. The molecule has 1 aromatic rings. The number of aryl methyl sites for hydroxylation is 1. The summed E-state index contributed by atoms with van der Waals surface area (Å²) in [6, 6.07) is 7.69. The maximum Gasteiger partial charge on any atom is 0.227 e. The van der Waals surface area contributed by atoms with Crippen molar-refractivity contribution in [1.82, 2.24) is 4.90 Å². The molecule has 0 heterocycles. The summed E-state index contributed by atoms with van der Waals surface area (Å²) in [4.78, 5) is 14.2. The Balaban J connectivity index is 2.11. The highest BCUT2D eigenvalue weighted by Crippen LogP contribution is 2.27. The minimum Gasteiger partial charge on any atom is -0.341 e. The van der Waals surface area contributed by atoms with Crippen molar-refractivity contribution in [3.8, 4) is 0 Å². The van der Waals surface area contributed by atoms with Gasteiger partial charge in [-0.15, -0.1) is 0 Å². The Morgan fingerprint density at radius 3 is 2.59 bits per heavy atom. The lowest BCUT2D eigenvalue weighted by Gasteiger charge is -2.37. The third-order valence-corrected chi connectivity index (χ3v) is 6.20. The summed E-state index contributed by atoms with van der Waals surface area (Å²) >= 11 is 0. The zero-order chi connectivity index (χ0) is 16.3. The summed E-state index contributed by atoms with van der Waals surface area (Å²) in [5.74, 6) is -0.00819. The molecule has 0 aromatic heterocycles. The van der Waals surface area contributed by atoms with Gasteiger partial charge in [0.1, 0.15) is 0 Å². The number of carbonyl (C=O) groups is 1. The first-order valence-electron chi connectivity index (χ1n) is 7.79. The van der Waals surface area contributed by atoms with Gasteiger partial charge in [0.2, 0.25) is 5.91 Å². The van der Waals surface area contributed by atoms with Crippen LogP contribution >= 0.6 is 0 Å². The Bertz CT molecular complexity index is 639. The number of amides is 1. The molecule has 0 unspecified atom stereocenters. The van der Waals surface area contributed by atoms with Crippen molar-refractivity contribution in [1.29, 1.82) is 0 Å². The van der Waals surface area contributed by atoms with Gasteiger partial charge in [0, 0.05) is 19.3 Å². The van der Waals surface area contributed by atoms with Crippen LogP contribution in [0.5, 0.6) is 0 Å². The minimum absolute atomic E-state index is 0.00819. The van der Waals surface area contributed by atoms with E-state index in [4.69, 9.17) is 0 Å². The number of likely N-dealkylation sites (N-methyl/N-ethyl adjacent to an activating group) is 1. The molecule has 4 nitrogen and oxygen atoms in total. The topological polar surface area (TPSA) is 54.5 Å². The highest BCUT2D eigenvalue weighted by molar-refractivity contribution is 7.91. The first-order chi connectivity index (χ1) is 10.3. The maximum absolute atomic E-state index is 12.5. The van der Waals surface area contributed by atoms with Gasteiger partial charge in [-0.2, -0.15) is 0 Å². The van der Waals surface area contributed by atoms with Crippen LogP contribution in [0.25, 0.3) is 0 Å². The van der Waals surface area contributed by atoms with E-state index in [0.717, 1.165) is 30.4 Å². The number of sulfone groups is 1. The van der Waals surface area contributed by atoms with Crippen molar-refractivity contribution >= 4 is 15.7 Å². The first kappa shape index (κ1) is 17.0. The summed E-state index contributed by atoms with van der Waals surface area (Å²) in [5, 5.41) is -0.423. The number of rotatable bonds is 4. The quantitative estimate of drug-likeness (QED) is 0.855. The Hall–Kier alpha value is -1.36. The van der Waals surface area contributed by atoms with Crippen molar-refractivity contribution in [2.24, 2.45) is 0 Å². The summed E-state index contributed by atoms with van der Waals surface area (Å²) in [5.41, 5.74) is 2.10. The van der Waals surface area contributed by atoms with E-state index in [2.05, 4.69) is 0 Å². The molecule has 0 bridgehead atoms. The van der Waals surface area contributed by atoms with E-state index >= 15 is 0 Å². The lowest BCUT2D eigenvalue weighted by Crippen LogP contribution is -2.49. The van der Waals surface area contributed by atoms with E-state index in [-0.39, 0.29) is 11.9 Å². The van der Waals surface area contributed by atoms with Crippen LogP contribution in [0.2, 0.25) is 0 Å². The Morgan fingerprint density at radius 1 is 1.27 bits per heavy atom. The Morgan fingerprint density at radius 2 is 1.95 bits per heavy atom. The van der Waals surface area contributed by atoms with Crippen LogP contribution in [0.15, 0.2) is 24.3 Å². The molecular formula is C17H25NO3S. The number of nitrogens with zero attached hydrogens (tertiary/aromatic N) is 1. The largest absolute Gasteiger partial charge is 0.341 e. The molecule has 0 aliphatic heterocycles. The van der Waals surface area contributed by atoms with Gasteiger partial charge in [0.05, 0.1) is 11.7 Å². The normalized spacial score (nSPS) is 22.3. The highest BCUT2D eigenvalue weighted by atomic mass is 32.2. The summed E-state index contributed by atoms with van der Waals surface area (Å²) < 4.78 is 24.0. The SMILES string of the molecule is Cc1cccc(CC(=O)N(C)[C@@H]2CCCC[C@@H]2S(C)(=O)=O)c1. The molecule has 1 amide bonds. The van der Waals surface area contributed by atoms with Crippen molar-refractivity contribution in [2.45, 2.75) is 50.3 Å². The third kappa shape index (κ3) is 4.09. The van der Waals surface area contributed by atoms with Crippen molar-refractivity contribution < 1.29 is 13.2 Å². The Labute approximate surface area is 133 Å². The number of benzene rings is 1. The monoisotopic (exact) mass is 323 g/mol. The van der Waals surface area contributed by atoms with Crippen molar-refractivity contribution in [3.05, 3.63) is 35.4 Å². The van der Waals surface area contributed by atoms with Crippen LogP contribution in [0.1, 0.15) is 36.8 Å². The molecule has 122 valence electrons. The van der Waals surface area contributed by atoms with Crippen LogP contribution in [0, 0.1) is 6.92 Å². The van der Waals surface area contributed by atoms with E-state index in [0.29, 0.717) is 12.8 Å². The van der Waals surface area contributed by atoms with Gasteiger partial charge in [0.15, 0.2) is 9.84 Å². The number of hydrogen-bond donors (Lipinski definition) is 0. The van der Waals surface area contributed by atoms with Gasteiger partial charge >= 0.3 is 0 Å². The van der Waals surface area contributed by atoms with E-state index in [1.807, 2.05) is 31.2 Å². The fourth-order valence-electron chi connectivity index (χ4n) is 3.33. The number of hydrogen-bond acceptors (Lipinski definition) is 3. The molecule has 5 heteroatoms. The van der Waals surface area contributed by atoms with Crippen LogP contribution in [-0.4, -0.2) is 43.8 Å². The van der Waals surface area contributed by atoms with Crippen LogP contribution in [0.4, 0.5) is 0 Å². The second kappa shape index (κ2) is 6.82. The third-order valence-electron chi connectivity index (χ3n) is 4.55. The van der Waals surface area contributed by atoms with Gasteiger partial charge in [0.25, 0.3) is 0 Å². The average molecular weight is 323 g/mol. The van der Waals surface area contributed by atoms with Crippen molar-refractivity contribution in [3.63, 3.8) is 0 Å². The van der Waals surface area contributed by atoms with Crippen LogP contribution < -0.4 is 0 Å². The summed E-state index contributed by atoms with van der Waals surface area (Å²) in [6.45, 7) is 2.00. The average Bonchev–Trinajstić information content (AvgIpc) is 2.45. The minimum atomic E-state index is -3.13. The van der Waals surface area contributed by atoms with Gasteiger partial charge in [-0.1, -0.05) is 42.7 Å². The molecule has 1 aromatic carbocycles. The van der Waals surface area contributed by atoms with Gasteiger partial charge in [-0.25, -0.2) is 8.42 Å². The van der Waals surface area contributed by atoms with E-state index < -0.39 is 15.1 Å². The molecular weight excluding hydrogens is 298 g/mol. The smallest absolute Gasteiger partial charge is 0.227 e. The molecule has 22 heavy (non-hydrogen) atoms. The molecule has 2 rings (SSSR count). The van der Waals surface area contributed by atoms with E-state index in [1.165, 1.54) is 6.26 Å². The summed E-state index contributed by atoms with van der Waals surface area (Å²) in [6.07, 6.45) is 4.95. The molecule has 0 N–H and O–H groups in total. The molecule has 1 saturated carbocycles. The van der Waals surface area contributed by atoms with Gasteiger partial charge in [-0.3, -0.25) is 4.79 Å². The zero-order valence-electron chi connectivity index (χ0n) is 13.6. The number of carbonyl (C=O) groups excluding carboxylic acids is 1. The first-order valence-corrected chi connectivity index (χ1v) is 9.74. The molecule has 0 spiro atoms. The lowest BCUT2D eigenvalue weighted by atomic mass is 9.93. The molecule has 0 radical (unpaired) electrons. The lowest BCUT2D eigenvalue weighted by molar-refractivity contribution is -0.131.